The molecule has 1 atom stereocenters. The lowest BCUT2D eigenvalue weighted by atomic mass is 10.1. The molecule has 0 spiro atoms. The largest absolute Gasteiger partial charge is 0.479 e. The maximum Gasteiger partial charge on any atom is 0.416 e. The van der Waals surface area contributed by atoms with Crippen LogP contribution >= 0.6 is 11.6 Å². The molecular weight excluding hydrogens is 397 g/mol. The van der Waals surface area contributed by atoms with E-state index < -0.39 is 23.8 Å². The third-order valence-corrected chi connectivity index (χ3v) is 4.27. The standard InChI is InChI=1S/C20H14ClF3O4/c1-11(19(25)26)27-16-6-2-5-14-13(16)4-3-7-17(14)28-18-9-8-12(10-15(18)21)20(22,23)24/h2-11H,1H3,(H,25,26)/t11-/m1/s1. The highest BCUT2D eigenvalue weighted by Gasteiger charge is 2.31. The average molecular weight is 411 g/mol. The van der Waals surface area contributed by atoms with Crippen LogP contribution in [0.2, 0.25) is 5.02 Å². The fraction of sp³-hybridized carbons (Fsp3) is 0.150. The molecule has 0 radical (unpaired) electrons. The van der Waals surface area contributed by atoms with E-state index in [-0.39, 0.29) is 10.8 Å². The van der Waals surface area contributed by atoms with E-state index >= 15 is 0 Å². The molecule has 146 valence electrons. The number of halogens is 4. The van der Waals surface area contributed by atoms with Crippen molar-refractivity contribution >= 4 is 28.3 Å². The van der Waals surface area contributed by atoms with Crippen LogP contribution in [0.5, 0.6) is 17.2 Å². The Morgan fingerprint density at radius 3 is 2.18 bits per heavy atom. The van der Waals surface area contributed by atoms with Crippen molar-refractivity contribution in [1.82, 2.24) is 0 Å². The zero-order chi connectivity index (χ0) is 20.5. The molecule has 0 aromatic heterocycles. The van der Waals surface area contributed by atoms with Gasteiger partial charge in [-0.3, -0.25) is 0 Å². The maximum absolute atomic E-state index is 12.8. The number of ether oxygens (including phenoxy) is 2. The number of hydrogen-bond donors (Lipinski definition) is 1. The lowest BCUT2D eigenvalue weighted by molar-refractivity contribution is -0.144. The smallest absolute Gasteiger partial charge is 0.416 e. The van der Waals surface area contributed by atoms with Crippen LogP contribution in [0.1, 0.15) is 12.5 Å². The summed E-state index contributed by atoms with van der Waals surface area (Å²) in [5.74, 6) is -0.364. The van der Waals surface area contributed by atoms with Gasteiger partial charge in [0.05, 0.1) is 10.6 Å². The third-order valence-electron chi connectivity index (χ3n) is 3.97. The first-order chi connectivity index (χ1) is 13.2. The molecule has 0 fully saturated rings. The minimum atomic E-state index is -4.51. The maximum atomic E-state index is 12.8. The van der Waals surface area contributed by atoms with Crippen LogP contribution in [-0.2, 0) is 11.0 Å². The van der Waals surface area contributed by atoms with Gasteiger partial charge in [0.25, 0.3) is 0 Å². The summed E-state index contributed by atoms with van der Waals surface area (Å²) >= 11 is 5.96. The van der Waals surface area contributed by atoms with Gasteiger partial charge >= 0.3 is 12.1 Å². The summed E-state index contributed by atoms with van der Waals surface area (Å²) < 4.78 is 49.5. The van der Waals surface area contributed by atoms with Crippen molar-refractivity contribution in [2.45, 2.75) is 19.2 Å². The summed E-state index contributed by atoms with van der Waals surface area (Å²) in [6.07, 6.45) is -5.56. The first-order valence-electron chi connectivity index (χ1n) is 8.12. The quantitative estimate of drug-likeness (QED) is 0.547. The first kappa shape index (κ1) is 19.8. The Bertz CT molecular complexity index is 1030. The van der Waals surface area contributed by atoms with Gasteiger partial charge in [0, 0.05) is 10.8 Å². The van der Waals surface area contributed by atoms with Crippen LogP contribution in [0.4, 0.5) is 13.2 Å². The SMILES string of the molecule is C[C@@H](Oc1cccc2c(Oc3ccc(C(F)(F)F)cc3Cl)cccc12)C(=O)O. The van der Waals surface area contributed by atoms with Crippen LogP contribution in [0, 0.1) is 0 Å². The molecule has 0 amide bonds. The average Bonchev–Trinajstić information content (AvgIpc) is 2.63. The second-order valence-corrected chi connectivity index (χ2v) is 6.36. The van der Waals surface area contributed by atoms with Crippen molar-refractivity contribution < 1.29 is 32.5 Å². The minimum absolute atomic E-state index is 0.0624. The van der Waals surface area contributed by atoms with Gasteiger partial charge in [-0.15, -0.1) is 0 Å². The van der Waals surface area contributed by atoms with Crippen molar-refractivity contribution in [1.29, 1.82) is 0 Å². The molecule has 0 unspecified atom stereocenters. The van der Waals surface area contributed by atoms with Crippen molar-refractivity contribution in [2.75, 3.05) is 0 Å². The zero-order valence-corrected chi connectivity index (χ0v) is 15.2. The molecule has 3 aromatic rings. The summed E-state index contributed by atoms with van der Waals surface area (Å²) in [5.41, 5.74) is -0.874. The monoisotopic (exact) mass is 410 g/mol. The summed E-state index contributed by atoms with van der Waals surface area (Å²) in [6.45, 7) is 1.41. The first-order valence-corrected chi connectivity index (χ1v) is 8.50. The molecule has 3 aromatic carbocycles. The lowest BCUT2D eigenvalue weighted by Crippen LogP contribution is -2.22. The Morgan fingerprint density at radius 2 is 1.61 bits per heavy atom. The number of fused-ring (bicyclic) bond motifs is 1. The number of carbonyl (C=O) groups is 1. The molecule has 0 saturated heterocycles. The lowest BCUT2D eigenvalue weighted by Gasteiger charge is -2.15. The molecule has 0 saturated carbocycles. The summed E-state index contributed by atoms with van der Waals surface area (Å²) in [7, 11) is 0. The number of aliphatic carboxylic acids is 1. The van der Waals surface area contributed by atoms with Gasteiger partial charge in [-0.05, 0) is 37.3 Å². The Balaban J connectivity index is 1.98. The van der Waals surface area contributed by atoms with Gasteiger partial charge in [-0.2, -0.15) is 13.2 Å². The summed E-state index contributed by atoms with van der Waals surface area (Å²) in [6, 6.07) is 12.8. The second kappa shape index (κ2) is 7.59. The molecular formula is C20H14ClF3O4. The van der Waals surface area contributed by atoms with Crippen LogP contribution in [-0.4, -0.2) is 17.2 Å². The third kappa shape index (κ3) is 4.14. The Morgan fingerprint density at radius 1 is 1.00 bits per heavy atom. The Hall–Kier alpha value is -2.93. The van der Waals surface area contributed by atoms with Gasteiger partial charge in [0.2, 0.25) is 0 Å². The van der Waals surface area contributed by atoms with Crippen LogP contribution < -0.4 is 9.47 Å². The fourth-order valence-corrected chi connectivity index (χ4v) is 2.78. The molecule has 0 aliphatic rings. The second-order valence-electron chi connectivity index (χ2n) is 5.95. The predicted octanol–water partition coefficient (Wildman–Crippen LogP) is 6.16. The van der Waals surface area contributed by atoms with E-state index in [0.29, 0.717) is 22.3 Å². The van der Waals surface area contributed by atoms with Crippen molar-refractivity contribution in [3.05, 3.63) is 65.2 Å². The van der Waals surface area contributed by atoms with Gasteiger partial charge in [-0.1, -0.05) is 35.9 Å². The van der Waals surface area contributed by atoms with E-state index in [9.17, 15) is 18.0 Å². The van der Waals surface area contributed by atoms with Crippen molar-refractivity contribution in [2.24, 2.45) is 0 Å². The molecule has 0 aliphatic heterocycles. The van der Waals surface area contributed by atoms with E-state index in [4.69, 9.17) is 26.2 Å². The highest BCUT2D eigenvalue weighted by Crippen LogP contribution is 2.39. The molecule has 0 bridgehead atoms. The highest BCUT2D eigenvalue weighted by atomic mass is 35.5. The van der Waals surface area contributed by atoms with E-state index in [0.717, 1.165) is 18.2 Å². The van der Waals surface area contributed by atoms with Crippen molar-refractivity contribution in [3.63, 3.8) is 0 Å². The van der Waals surface area contributed by atoms with Gasteiger partial charge in [-0.25, -0.2) is 4.79 Å². The van der Waals surface area contributed by atoms with Gasteiger partial charge in [0.1, 0.15) is 17.2 Å². The van der Waals surface area contributed by atoms with Gasteiger partial charge in [0.15, 0.2) is 6.10 Å². The number of benzene rings is 3. The van der Waals surface area contributed by atoms with Crippen LogP contribution in [0.15, 0.2) is 54.6 Å². The number of carboxylic acids is 1. The number of carboxylic acid groups (broad SMARTS) is 1. The van der Waals surface area contributed by atoms with E-state index in [1.807, 2.05) is 0 Å². The predicted molar refractivity (Wildman–Crippen MR) is 98.2 cm³/mol. The fourth-order valence-electron chi connectivity index (χ4n) is 2.56. The summed E-state index contributed by atoms with van der Waals surface area (Å²) in [5, 5.41) is 10.0. The van der Waals surface area contributed by atoms with E-state index in [2.05, 4.69) is 0 Å². The molecule has 1 N–H and O–H groups in total. The van der Waals surface area contributed by atoms with Crippen LogP contribution in [0.3, 0.4) is 0 Å². The summed E-state index contributed by atoms with van der Waals surface area (Å²) in [4.78, 5) is 11.0. The molecule has 28 heavy (non-hydrogen) atoms. The van der Waals surface area contributed by atoms with Gasteiger partial charge < -0.3 is 14.6 Å². The zero-order valence-electron chi connectivity index (χ0n) is 14.5. The number of alkyl halides is 3. The Labute approximate surface area is 163 Å². The number of rotatable bonds is 5. The molecule has 0 aliphatic carbocycles. The van der Waals surface area contributed by atoms with E-state index in [1.54, 1.807) is 36.4 Å². The Kier molecular flexibility index (Phi) is 5.38. The molecule has 3 rings (SSSR count). The van der Waals surface area contributed by atoms with E-state index in [1.165, 1.54) is 6.92 Å². The molecule has 0 heterocycles. The molecule has 8 heteroatoms. The van der Waals surface area contributed by atoms with Crippen molar-refractivity contribution in [3.8, 4) is 17.2 Å². The highest BCUT2D eigenvalue weighted by molar-refractivity contribution is 6.32. The normalized spacial score (nSPS) is 12.6. The van der Waals surface area contributed by atoms with Crippen LogP contribution in [0.25, 0.3) is 10.8 Å². The molecule has 4 nitrogen and oxygen atoms in total. The topological polar surface area (TPSA) is 55.8 Å². The minimum Gasteiger partial charge on any atom is -0.479 e. The number of hydrogen-bond acceptors (Lipinski definition) is 3.